The summed E-state index contributed by atoms with van der Waals surface area (Å²) < 4.78 is 15.2. The van der Waals surface area contributed by atoms with E-state index in [2.05, 4.69) is 10.1 Å². The van der Waals surface area contributed by atoms with Gasteiger partial charge in [0, 0.05) is 6.54 Å². The van der Waals surface area contributed by atoms with Gasteiger partial charge in [-0.25, -0.2) is 9.59 Å². The molecule has 0 bridgehead atoms. The summed E-state index contributed by atoms with van der Waals surface area (Å²) in [5, 5.41) is 4.39. The molecule has 0 spiro atoms. The molecule has 0 fully saturated rings. The van der Waals surface area contributed by atoms with Crippen LogP contribution < -0.4 is 20.1 Å². The monoisotopic (exact) mass is 324 g/mol. The highest BCUT2D eigenvalue weighted by Crippen LogP contribution is 2.17. The third-order valence-corrected chi connectivity index (χ3v) is 2.45. The van der Waals surface area contributed by atoms with Crippen LogP contribution in [-0.4, -0.2) is 44.3 Å². The van der Waals surface area contributed by atoms with Gasteiger partial charge in [0.1, 0.15) is 11.5 Å². The van der Waals surface area contributed by atoms with Crippen LogP contribution in [0.4, 0.5) is 4.79 Å². The fraction of sp³-hybridized carbons (Fsp3) is 0.400. The summed E-state index contributed by atoms with van der Waals surface area (Å²) in [6.07, 6.45) is 0. The van der Waals surface area contributed by atoms with Crippen LogP contribution in [0.2, 0.25) is 0 Å². The summed E-state index contributed by atoms with van der Waals surface area (Å²) in [7, 11) is 0. The Balaban J connectivity index is 2.26. The van der Waals surface area contributed by atoms with E-state index in [9.17, 15) is 14.4 Å². The molecule has 0 atom stereocenters. The maximum Gasteiger partial charge on any atom is 0.344 e. The minimum Gasteiger partial charge on any atom is -0.494 e. The van der Waals surface area contributed by atoms with Crippen LogP contribution in [0.15, 0.2) is 24.3 Å². The zero-order chi connectivity index (χ0) is 17.1. The van der Waals surface area contributed by atoms with Gasteiger partial charge in [-0.15, -0.1) is 0 Å². The fourth-order valence-corrected chi connectivity index (χ4v) is 1.50. The first-order valence-corrected chi connectivity index (χ1v) is 7.14. The lowest BCUT2D eigenvalue weighted by Gasteiger charge is -2.08. The van der Waals surface area contributed by atoms with E-state index in [1.807, 2.05) is 12.2 Å². The van der Waals surface area contributed by atoms with E-state index in [0.29, 0.717) is 24.7 Å². The normalized spacial score (nSPS) is 9.65. The molecule has 0 radical (unpaired) electrons. The van der Waals surface area contributed by atoms with Gasteiger partial charge < -0.3 is 19.5 Å². The molecular formula is C15H20N2O6. The standard InChI is InChI=1S/C15H20N2O6/c1-3-16-15(20)17-13(18)9-23-14(19)10-22-12-7-5-11(6-8-12)21-4-2/h5-8H,3-4,9-10H2,1-2H3,(H2,16,17,18,20). The number of carbonyl (C=O) groups excluding carboxylic acids is 3. The van der Waals surface area contributed by atoms with E-state index in [1.54, 1.807) is 31.2 Å². The summed E-state index contributed by atoms with van der Waals surface area (Å²) in [6, 6.07) is 6.09. The first kappa shape index (κ1) is 18.3. The topological polar surface area (TPSA) is 103 Å². The molecule has 23 heavy (non-hydrogen) atoms. The highest BCUT2D eigenvalue weighted by atomic mass is 16.6. The van der Waals surface area contributed by atoms with Gasteiger partial charge in [-0.1, -0.05) is 0 Å². The second kappa shape index (κ2) is 10.0. The Morgan fingerprint density at radius 1 is 0.957 bits per heavy atom. The Hall–Kier alpha value is -2.77. The van der Waals surface area contributed by atoms with Gasteiger partial charge in [-0.3, -0.25) is 10.1 Å². The van der Waals surface area contributed by atoms with Gasteiger partial charge in [0.2, 0.25) is 0 Å². The largest absolute Gasteiger partial charge is 0.494 e. The van der Waals surface area contributed by atoms with Crippen LogP contribution >= 0.6 is 0 Å². The van der Waals surface area contributed by atoms with Crippen molar-refractivity contribution in [3.63, 3.8) is 0 Å². The van der Waals surface area contributed by atoms with Crippen LogP contribution in [0.1, 0.15) is 13.8 Å². The van der Waals surface area contributed by atoms with Crippen LogP contribution in [-0.2, 0) is 14.3 Å². The minimum absolute atomic E-state index is 0.345. The molecule has 2 N–H and O–H groups in total. The van der Waals surface area contributed by atoms with Crippen molar-refractivity contribution >= 4 is 17.9 Å². The molecule has 0 unspecified atom stereocenters. The lowest BCUT2D eigenvalue weighted by molar-refractivity contribution is -0.150. The Morgan fingerprint density at radius 2 is 1.57 bits per heavy atom. The molecule has 8 nitrogen and oxygen atoms in total. The highest BCUT2D eigenvalue weighted by Gasteiger charge is 2.10. The summed E-state index contributed by atoms with van der Waals surface area (Å²) in [4.78, 5) is 33.8. The fourth-order valence-electron chi connectivity index (χ4n) is 1.50. The number of carbonyl (C=O) groups is 3. The van der Waals surface area contributed by atoms with Crippen molar-refractivity contribution in [3.8, 4) is 11.5 Å². The molecule has 8 heteroatoms. The molecule has 1 aromatic rings. The smallest absolute Gasteiger partial charge is 0.344 e. The third-order valence-electron chi connectivity index (χ3n) is 2.45. The molecule has 0 aliphatic carbocycles. The number of esters is 1. The molecule has 0 aromatic heterocycles. The van der Waals surface area contributed by atoms with E-state index in [0.717, 1.165) is 0 Å². The molecule has 1 aromatic carbocycles. The summed E-state index contributed by atoms with van der Waals surface area (Å²) in [5.74, 6) is -0.267. The van der Waals surface area contributed by atoms with Crippen molar-refractivity contribution in [2.45, 2.75) is 13.8 Å². The van der Waals surface area contributed by atoms with E-state index < -0.39 is 24.5 Å². The predicted octanol–water partition coefficient (Wildman–Crippen LogP) is 0.853. The molecular weight excluding hydrogens is 304 g/mol. The first-order valence-electron chi connectivity index (χ1n) is 7.14. The van der Waals surface area contributed by atoms with Gasteiger partial charge in [-0.05, 0) is 38.1 Å². The van der Waals surface area contributed by atoms with Gasteiger partial charge in [-0.2, -0.15) is 0 Å². The lowest BCUT2D eigenvalue weighted by Crippen LogP contribution is -2.41. The van der Waals surface area contributed by atoms with Gasteiger partial charge in [0.25, 0.3) is 5.91 Å². The number of amides is 3. The molecule has 0 aliphatic rings. The van der Waals surface area contributed by atoms with Crippen molar-refractivity contribution in [1.29, 1.82) is 0 Å². The van der Waals surface area contributed by atoms with E-state index in [4.69, 9.17) is 9.47 Å². The zero-order valence-corrected chi connectivity index (χ0v) is 13.1. The van der Waals surface area contributed by atoms with Crippen LogP contribution in [0.3, 0.4) is 0 Å². The lowest BCUT2D eigenvalue weighted by atomic mass is 10.3. The Kier molecular flexibility index (Phi) is 7.98. The van der Waals surface area contributed by atoms with E-state index in [-0.39, 0.29) is 6.61 Å². The quantitative estimate of drug-likeness (QED) is 0.687. The molecule has 126 valence electrons. The SMILES string of the molecule is CCNC(=O)NC(=O)COC(=O)COc1ccc(OCC)cc1. The molecule has 0 heterocycles. The minimum atomic E-state index is -0.718. The average Bonchev–Trinajstić information content (AvgIpc) is 2.52. The second-order valence-corrected chi connectivity index (χ2v) is 4.26. The van der Waals surface area contributed by atoms with Crippen molar-refractivity contribution < 1.29 is 28.6 Å². The number of benzene rings is 1. The highest BCUT2D eigenvalue weighted by molar-refractivity contribution is 5.95. The number of ether oxygens (including phenoxy) is 3. The number of urea groups is 1. The number of hydrogen-bond donors (Lipinski definition) is 2. The third kappa shape index (κ3) is 7.70. The van der Waals surface area contributed by atoms with Gasteiger partial charge in [0.15, 0.2) is 13.2 Å². The Morgan fingerprint density at radius 3 is 2.13 bits per heavy atom. The number of nitrogens with one attached hydrogen (secondary N) is 2. The number of rotatable bonds is 8. The Labute approximate surface area is 134 Å². The van der Waals surface area contributed by atoms with Crippen molar-refractivity contribution in [2.75, 3.05) is 26.4 Å². The van der Waals surface area contributed by atoms with Crippen molar-refractivity contribution in [1.82, 2.24) is 10.6 Å². The van der Waals surface area contributed by atoms with Crippen LogP contribution in [0.5, 0.6) is 11.5 Å². The number of hydrogen-bond acceptors (Lipinski definition) is 6. The van der Waals surface area contributed by atoms with Crippen LogP contribution in [0.25, 0.3) is 0 Å². The molecule has 1 rings (SSSR count). The van der Waals surface area contributed by atoms with E-state index >= 15 is 0 Å². The maximum atomic E-state index is 11.4. The predicted molar refractivity (Wildman–Crippen MR) is 81.3 cm³/mol. The summed E-state index contributed by atoms with van der Waals surface area (Å²) >= 11 is 0. The van der Waals surface area contributed by atoms with Crippen molar-refractivity contribution in [2.24, 2.45) is 0 Å². The molecule has 0 saturated carbocycles. The summed E-state index contributed by atoms with van der Waals surface area (Å²) in [6.45, 7) is 3.63. The first-order chi connectivity index (χ1) is 11.0. The molecule has 0 saturated heterocycles. The Bertz CT molecular complexity index is 529. The maximum absolute atomic E-state index is 11.4. The number of imide groups is 1. The molecule has 3 amide bonds. The van der Waals surface area contributed by atoms with E-state index in [1.165, 1.54) is 0 Å². The zero-order valence-electron chi connectivity index (χ0n) is 13.1. The second-order valence-electron chi connectivity index (χ2n) is 4.26. The van der Waals surface area contributed by atoms with Gasteiger partial charge in [0.05, 0.1) is 6.61 Å². The van der Waals surface area contributed by atoms with Crippen LogP contribution in [0, 0.1) is 0 Å². The average molecular weight is 324 g/mol. The molecule has 0 aliphatic heterocycles. The van der Waals surface area contributed by atoms with Crippen molar-refractivity contribution in [3.05, 3.63) is 24.3 Å². The summed E-state index contributed by atoms with van der Waals surface area (Å²) in [5.41, 5.74) is 0. The van der Waals surface area contributed by atoms with Gasteiger partial charge >= 0.3 is 12.0 Å².